The van der Waals surface area contributed by atoms with Gasteiger partial charge < -0.3 is 15.4 Å². The number of rotatable bonds is 6. The van der Waals surface area contributed by atoms with Gasteiger partial charge in [0, 0.05) is 4.47 Å². The van der Waals surface area contributed by atoms with Crippen molar-refractivity contribution in [2.45, 2.75) is 0 Å². The summed E-state index contributed by atoms with van der Waals surface area (Å²) in [5.74, 6) is -7.14. The van der Waals surface area contributed by atoms with Crippen LogP contribution in [0, 0.1) is 23.3 Å². The summed E-state index contributed by atoms with van der Waals surface area (Å²) in [4.78, 5) is 23.2. The summed E-state index contributed by atoms with van der Waals surface area (Å²) in [6.07, 6.45) is 0. The summed E-state index contributed by atoms with van der Waals surface area (Å²) in [5, 5.41) is 4.13. The maximum Gasteiger partial charge on any atom is 0.258 e. The van der Waals surface area contributed by atoms with Crippen molar-refractivity contribution in [2.24, 2.45) is 0 Å². The van der Waals surface area contributed by atoms with Crippen molar-refractivity contribution < 1.29 is 31.9 Å². The topological polar surface area (TPSA) is 67.4 Å². The highest BCUT2D eigenvalue weighted by Gasteiger charge is 2.15. The summed E-state index contributed by atoms with van der Waals surface area (Å²) in [7, 11) is 0. The third kappa shape index (κ3) is 5.19. The van der Waals surface area contributed by atoms with Gasteiger partial charge in [-0.05, 0) is 30.3 Å². The fourth-order valence-corrected chi connectivity index (χ4v) is 2.12. The average Bonchev–Trinajstić information content (AvgIpc) is 2.59. The predicted octanol–water partition coefficient (Wildman–Crippen LogP) is 3.14. The largest absolute Gasteiger partial charge is 0.481 e. The predicted molar refractivity (Wildman–Crippen MR) is 87.6 cm³/mol. The molecule has 2 amide bonds. The Bertz CT molecular complexity index is 848. The first-order valence-corrected chi connectivity index (χ1v) is 7.85. The van der Waals surface area contributed by atoms with Crippen molar-refractivity contribution in [3.8, 4) is 5.75 Å². The van der Waals surface area contributed by atoms with Gasteiger partial charge in [0.05, 0.1) is 12.2 Å². The van der Waals surface area contributed by atoms with Crippen LogP contribution in [-0.4, -0.2) is 25.0 Å². The highest BCUT2D eigenvalue weighted by Crippen LogP contribution is 2.21. The second kappa shape index (κ2) is 8.65. The van der Waals surface area contributed by atoms with Crippen LogP contribution in [0.15, 0.2) is 34.8 Å². The first-order valence-electron chi connectivity index (χ1n) is 7.06. The molecule has 0 fully saturated rings. The Morgan fingerprint density at radius 3 is 2.38 bits per heavy atom. The lowest BCUT2D eigenvalue weighted by atomic mass is 10.2. The Morgan fingerprint density at radius 1 is 0.962 bits per heavy atom. The number of hydrogen-bond acceptors (Lipinski definition) is 3. The van der Waals surface area contributed by atoms with Crippen LogP contribution in [0.4, 0.5) is 23.2 Å². The van der Waals surface area contributed by atoms with Crippen LogP contribution in [-0.2, 0) is 9.59 Å². The van der Waals surface area contributed by atoms with Crippen molar-refractivity contribution in [1.82, 2.24) is 5.32 Å². The molecule has 0 aliphatic rings. The van der Waals surface area contributed by atoms with E-state index in [2.05, 4.69) is 21.2 Å². The molecule has 5 nitrogen and oxygen atoms in total. The van der Waals surface area contributed by atoms with Crippen LogP contribution in [0.3, 0.4) is 0 Å². The summed E-state index contributed by atoms with van der Waals surface area (Å²) in [6, 6.07) is 5.46. The van der Waals surface area contributed by atoms with E-state index in [4.69, 9.17) is 4.74 Å². The monoisotopic (exact) mass is 434 g/mol. The van der Waals surface area contributed by atoms with Gasteiger partial charge in [0.2, 0.25) is 5.91 Å². The number of carbonyl (C=O) groups is 2. The number of ether oxygens (including phenoxy) is 1. The minimum absolute atomic E-state index is 0.156. The van der Waals surface area contributed by atoms with Crippen LogP contribution in [0.1, 0.15) is 0 Å². The van der Waals surface area contributed by atoms with Gasteiger partial charge >= 0.3 is 0 Å². The number of carbonyl (C=O) groups excluding carboxylic acids is 2. The fourth-order valence-electron chi connectivity index (χ4n) is 1.78. The van der Waals surface area contributed by atoms with Crippen LogP contribution < -0.4 is 15.4 Å². The van der Waals surface area contributed by atoms with E-state index in [1.54, 1.807) is 0 Å². The maximum absolute atomic E-state index is 13.5. The van der Waals surface area contributed by atoms with E-state index in [9.17, 15) is 27.2 Å². The Labute approximate surface area is 153 Å². The quantitative estimate of drug-likeness (QED) is 0.542. The van der Waals surface area contributed by atoms with E-state index in [0.717, 1.165) is 12.1 Å². The summed E-state index contributed by atoms with van der Waals surface area (Å²) in [5.41, 5.74) is -0.573. The van der Waals surface area contributed by atoms with E-state index in [1.807, 2.05) is 5.32 Å². The second-order valence-corrected chi connectivity index (χ2v) is 5.83. The van der Waals surface area contributed by atoms with Gasteiger partial charge in [0.25, 0.3) is 5.91 Å². The van der Waals surface area contributed by atoms with Crippen LogP contribution in [0.5, 0.6) is 5.75 Å². The summed E-state index contributed by atoms with van der Waals surface area (Å²) >= 11 is 3.07. The van der Waals surface area contributed by atoms with E-state index in [-0.39, 0.29) is 5.75 Å². The second-order valence-electron chi connectivity index (χ2n) is 4.91. The molecule has 0 aliphatic carbocycles. The molecular weight excluding hydrogens is 424 g/mol. The zero-order valence-corrected chi connectivity index (χ0v) is 14.5. The number of amides is 2. The first kappa shape index (κ1) is 19.7. The molecule has 0 radical (unpaired) electrons. The number of hydrogen-bond donors (Lipinski definition) is 2. The van der Waals surface area contributed by atoms with Crippen LogP contribution in [0.25, 0.3) is 0 Å². The summed E-state index contributed by atoms with van der Waals surface area (Å²) in [6.45, 7) is -1.14. The molecule has 0 bridgehead atoms. The minimum Gasteiger partial charge on any atom is -0.481 e. The third-order valence-electron chi connectivity index (χ3n) is 3.01. The Balaban J connectivity index is 1.82. The molecular formula is C16H11BrF4N2O3. The van der Waals surface area contributed by atoms with Gasteiger partial charge in [0.1, 0.15) is 0 Å². The molecule has 10 heteroatoms. The molecule has 2 N–H and O–H groups in total. The van der Waals surface area contributed by atoms with Crippen LogP contribution in [0.2, 0.25) is 0 Å². The van der Waals surface area contributed by atoms with Gasteiger partial charge in [-0.1, -0.05) is 15.9 Å². The van der Waals surface area contributed by atoms with Gasteiger partial charge in [-0.3, -0.25) is 9.59 Å². The molecule has 0 spiro atoms. The molecule has 0 heterocycles. The molecule has 0 atom stereocenters. The Morgan fingerprint density at radius 2 is 1.69 bits per heavy atom. The molecule has 0 saturated carbocycles. The standard InChI is InChI=1S/C16H11BrF4N2O3/c17-8-1-4-12(10(19)5-8)26-7-14(25)22-6-13(24)23-11-3-2-9(18)15(20)16(11)21/h1-5H,6-7H2,(H,22,25)(H,23,24). The molecule has 26 heavy (non-hydrogen) atoms. The number of anilines is 1. The highest BCUT2D eigenvalue weighted by atomic mass is 79.9. The zero-order valence-electron chi connectivity index (χ0n) is 12.9. The SMILES string of the molecule is O=C(COc1ccc(Br)cc1F)NCC(=O)Nc1ccc(F)c(F)c1F. The van der Waals surface area contributed by atoms with Crippen molar-refractivity contribution in [3.05, 3.63) is 58.1 Å². The average molecular weight is 435 g/mol. The van der Waals surface area contributed by atoms with E-state index >= 15 is 0 Å². The molecule has 0 aliphatic heterocycles. The Hall–Kier alpha value is -2.62. The van der Waals surface area contributed by atoms with Crippen molar-refractivity contribution in [1.29, 1.82) is 0 Å². The highest BCUT2D eigenvalue weighted by molar-refractivity contribution is 9.10. The van der Waals surface area contributed by atoms with E-state index < -0.39 is 53.9 Å². The Kier molecular flexibility index (Phi) is 6.56. The van der Waals surface area contributed by atoms with E-state index in [0.29, 0.717) is 10.5 Å². The van der Waals surface area contributed by atoms with Crippen molar-refractivity contribution in [2.75, 3.05) is 18.5 Å². The molecule has 2 aromatic rings. The van der Waals surface area contributed by atoms with Gasteiger partial charge in [-0.15, -0.1) is 0 Å². The van der Waals surface area contributed by atoms with Crippen molar-refractivity contribution in [3.63, 3.8) is 0 Å². The van der Waals surface area contributed by atoms with Gasteiger partial charge in [-0.25, -0.2) is 17.6 Å². The minimum atomic E-state index is -1.73. The molecule has 2 aromatic carbocycles. The normalized spacial score (nSPS) is 10.3. The lowest BCUT2D eigenvalue weighted by Crippen LogP contribution is -2.36. The summed E-state index contributed by atoms with van der Waals surface area (Å²) < 4.78 is 58.2. The van der Waals surface area contributed by atoms with E-state index in [1.165, 1.54) is 12.1 Å². The van der Waals surface area contributed by atoms with Gasteiger partial charge in [-0.2, -0.15) is 0 Å². The smallest absolute Gasteiger partial charge is 0.258 e. The first-order chi connectivity index (χ1) is 12.3. The number of benzene rings is 2. The number of nitrogens with one attached hydrogen (secondary N) is 2. The van der Waals surface area contributed by atoms with Crippen molar-refractivity contribution >= 4 is 33.4 Å². The molecule has 0 unspecified atom stereocenters. The lowest BCUT2D eigenvalue weighted by Gasteiger charge is -2.10. The zero-order chi connectivity index (χ0) is 19.3. The van der Waals surface area contributed by atoms with Gasteiger partial charge in [0.15, 0.2) is 35.6 Å². The van der Waals surface area contributed by atoms with Crippen LogP contribution >= 0.6 is 15.9 Å². The number of halogens is 5. The fraction of sp³-hybridized carbons (Fsp3) is 0.125. The molecule has 138 valence electrons. The molecule has 0 aromatic heterocycles. The molecule has 0 saturated heterocycles. The molecule has 2 rings (SSSR count). The third-order valence-corrected chi connectivity index (χ3v) is 3.50. The lowest BCUT2D eigenvalue weighted by molar-refractivity contribution is -0.125. The maximum atomic E-state index is 13.5.